The largest absolute Gasteiger partial charge is 0.361 e. The number of amides is 1. The number of unbranched alkanes of at least 4 members (excludes halogenated alkanes) is 3. The number of aldehydes is 1. The lowest BCUT2D eigenvalue weighted by atomic mass is 9.65. The molecule has 1 amide bonds. The highest BCUT2D eigenvalue weighted by Gasteiger charge is 2.54. The maximum atomic E-state index is 13.6. The zero-order valence-corrected chi connectivity index (χ0v) is 18.1. The van der Waals surface area contributed by atoms with Gasteiger partial charge in [-0.05, 0) is 41.8 Å². The third-order valence-electron chi connectivity index (χ3n) is 6.12. The molecule has 4 rings (SSSR count). The van der Waals surface area contributed by atoms with E-state index in [9.17, 15) is 9.59 Å². The zero-order chi connectivity index (χ0) is 20.4. The lowest BCUT2D eigenvalue weighted by Crippen LogP contribution is -2.43. The highest BCUT2D eigenvalue weighted by Crippen LogP contribution is 2.50. The van der Waals surface area contributed by atoms with E-state index in [1.54, 1.807) is 0 Å². The molecule has 5 heteroatoms. The Labute approximate surface area is 179 Å². The van der Waals surface area contributed by atoms with E-state index >= 15 is 0 Å². The van der Waals surface area contributed by atoms with Gasteiger partial charge in [0.2, 0.25) is 5.91 Å². The molecule has 4 nitrogen and oxygen atoms in total. The molecule has 2 atom stereocenters. The minimum atomic E-state index is -1.02. The number of aromatic amines is 1. The SMILES string of the molecule is CCCCCC[C@@H](C=O)[C@]1(c2c[nH]c3ccc(Br)cc23)C(=O)Nc2ccccc21. The smallest absolute Gasteiger partial charge is 0.240 e. The van der Waals surface area contributed by atoms with Crippen molar-refractivity contribution in [3.8, 4) is 0 Å². The van der Waals surface area contributed by atoms with Gasteiger partial charge in [0, 0.05) is 33.2 Å². The van der Waals surface area contributed by atoms with Crippen molar-refractivity contribution in [2.75, 3.05) is 5.32 Å². The molecule has 3 aromatic rings. The number of hydrogen-bond acceptors (Lipinski definition) is 2. The first-order chi connectivity index (χ1) is 14.1. The second-order valence-electron chi connectivity index (χ2n) is 7.79. The van der Waals surface area contributed by atoms with E-state index in [2.05, 4.69) is 33.2 Å². The molecule has 0 fully saturated rings. The Morgan fingerprint density at radius 1 is 1.10 bits per heavy atom. The number of benzene rings is 2. The van der Waals surface area contributed by atoms with Crippen LogP contribution in [0.15, 0.2) is 53.1 Å². The quantitative estimate of drug-likeness (QED) is 0.327. The number of halogens is 1. The van der Waals surface area contributed by atoms with Gasteiger partial charge in [0.25, 0.3) is 0 Å². The first-order valence-corrected chi connectivity index (χ1v) is 11.1. The summed E-state index contributed by atoms with van der Waals surface area (Å²) in [5.41, 5.74) is 2.48. The number of H-pyrrole nitrogens is 1. The minimum absolute atomic E-state index is 0.118. The molecule has 1 aliphatic rings. The van der Waals surface area contributed by atoms with Crippen LogP contribution < -0.4 is 5.32 Å². The van der Waals surface area contributed by atoms with Crippen molar-refractivity contribution >= 4 is 44.7 Å². The molecule has 0 saturated carbocycles. The van der Waals surface area contributed by atoms with Gasteiger partial charge in [-0.15, -0.1) is 0 Å². The van der Waals surface area contributed by atoms with Crippen molar-refractivity contribution in [3.05, 3.63) is 64.3 Å². The number of anilines is 1. The van der Waals surface area contributed by atoms with E-state index < -0.39 is 11.3 Å². The number of fused-ring (bicyclic) bond motifs is 2. The van der Waals surface area contributed by atoms with E-state index in [-0.39, 0.29) is 5.91 Å². The van der Waals surface area contributed by atoms with Crippen LogP contribution in [0.25, 0.3) is 10.9 Å². The second kappa shape index (κ2) is 8.15. The standard InChI is InChI=1S/C24H25BrN2O2/c1-2-3-4-5-8-16(15-28)24(19-9-6-7-10-22(19)27-23(24)29)20-14-26-21-12-11-17(25)13-18(20)21/h6-7,9-16,26H,2-5,8H2,1H3,(H,27,29)/t16-,24-/m0/s1. The van der Waals surface area contributed by atoms with Crippen molar-refractivity contribution in [2.45, 2.75) is 44.4 Å². The van der Waals surface area contributed by atoms with Crippen molar-refractivity contribution in [1.82, 2.24) is 4.98 Å². The van der Waals surface area contributed by atoms with Crippen molar-refractivity contribution in [3.63, 3.8) is 0 Å². The monoisotopic (exact) mass is 452 g/mol. The fourth-order valence-corrected chi connectivity index (χ4v) is 5.07. The van der Waals surface area contributed by atoms with Gasteiger partial charge in [0.05, 0.1) is 0 Å². The highest BCUT2D eigenvalue weighted by atomic mass is 79.9. The van der Waals surface area contributed by atoms with Gasteiger partial charge in [-0.25, -0.2) is 0 Å². The molecule has 2 N–H and O–H groups in total. The Morgan fingerprint density at radius 3 is 2.72 bits per heavy atom. The molecular weight excluding hydrogens is 428 g/mol. The fourth-order valence-electron chi connectivity index (χ4n) is 4.71. The van der Waals surface area contributed by atoms with Crippen molar-refractivity contribution in [2.24, 2.45) is 5.92 Å². The van der Waals surface area contributed by atoms with Crippen LogP contribution in [0.5, 0.6) is 0 Å². The van der Waals surface area contributed by atoms with E-state index in [4.69, 9.17) is 0 Å². The minimum Gasteiger partial charge on any atom is -0.361 e. The molecule has 0 unspecified atom stereocenters. The van der Waals surface area contributed by atoms with Crippen LogP contribution in [0.1, 0.15) is 50.2 Å². The molecule has 0 radical (unpaired) electrons. The topological polar surface area (TPSA) is 62.0 Å². The summed E-state index contributed by atoms with van der Waals surface area (Å²) in [6.07, 6.45) is 7.86. The van der Waals surface area contributed by atoms with E-state index in [0.29, 0.717) is 6.42 Å². The Bertz CT molecular complexity index is 1060. The first-order valence-electron chi connectivity index (χ1n) is 10.3. The van der Waals surface area contributed by atoms with Crippen LogP contribution in [0.2, 0.25) is 0 Å². The fraction of sp³-hybridized carbons (Fsp3) is 0.333. The number of aromatic nitrogens is 1. The summed E-state index contributed by atoms with van der Waals surface area (Å²) in [6.45, 7) is 2.17. The van der Waals surface area contributed by atoms with E-state index in [1.807, 2.05) is 48.7 Å². The van der Waals surface area contributed by atoms with Crippen molar-refractivity contribution < 1.29 is 9.59 Å². The van der Waals surface area contributed by atoms with Gasteiger partial charge >= 0.3 is 0 Å². The summed E-state index contributed by atoms with van der Waals surface area (Å²) in [5.74, 6) is -0.548. The third-order valence-corrected chi connectivity index (χ3v) is 6.61. The van der Waals surface area contributed by atoms with Crippen LogP contribution in [-0.4, -0.2) is 17.2 Å². The van der Waals surface area contributed by atoms with Crippen LogP contribution in [0, 0.1) is 5.92 Å². The lowest BCUT2D eigenvalue weighted by molar-refractivity contribution is -0.125. The van der Waals surface area contributed by atoms with Gasteiger partial charge < -0.3 is 15.1 Å². The third kappa shape index (κ3) is 3.21. The molecule has 0 spiro atoms. The van der Waals surface area contributed by atoms with E-state index in [1.165, 1.54) is 0 Å². The summed E-state index contributed by atoms with van der Waals surface area (Å²) in [4.78, 5) is 29.3. The number of hydrogen-bond donors (Lipinski definition) is 2. The predicted octanol–water partition coefficient (Wildman–Crippen LogP) is 5.95. The summed E-state index contributed by atoms with van der Waals surface area (Å²) in [6, 6.07) is 13.7. The molecule has 1 aromatic heterocycles. The maximum Gasteiger partial charge on any atom is 0.240 e. The molecule has 0 saturated heterocycles. The van der Waals surface area contributed by atoms with Crippen LogP contribution >= 0.6 is 15.9 Å². The molecular formula is C24H25BrN2O2. The van der Waals surface area contributed by atoms with Gasteiger partial charge in [-0.1, -0.05) is 66.7 Å². The van der Waals surface area contributed by atoms with Crippen LogP contribution in [-0.2, 0) is 15.0 Å². The Hall–Kier alpha value is -2.40. The number of rotatable bonds is 8. The Balaban J connectivity index is 1.92. The lowest BCUT2D eigenvalue weighted by Gasteiger charge is -2.33. The molecule has 29 heavy (non-hydrogen) atoms. The van der Waals surface area contributed by atoms with Crippen LogP contribution in [0.4, 0.5) is 5.69 Å². The summed E-state index contributed by atoms with van der Waals surface area (Å²) >= 11 is 3.55. The normalized spacial score (nSPS) is 19.2. The van der Waals surface area contributed by atoms with Crippen LogP contribution in [0.3, 0.4) is 0 Å². The Kier molecular flexibility index (Phi) is 5.59. The molecule has 0 aliphatic carbocycles. The number of nitrogens with one attached hydrogen (secondary N) is 2. The second-order valence-corrected chi connectivity index (χ2v) is 8.71. The van der Waals surface area contributed by atoms with Crippen molar-refractivity contribution in [1.29, 1.82) is 0 Å². The zero-order valence-electron chi connectivity index (χ0n) is 16.5. The van der Waals surface area contributed by atoms with Gasteiger partial charge in [-0.2, -0.15) is 0 Å². The first kappa shape index (κ1) is 19.9. The molecule has 150 valence electrons. The maximum absolute atomic E-state index is 13.6. The molecule has 2 aromatic carbocycles. The number of carbonyl (C=O) groups excluding carboxylic acids is 2. The average molecular weight is 453 g/mol. The van der Waals surface area contributed by atoms with Gasteiger partial charge in [0.15, 0.2) is 0 Å². The van der Waals surface area contributed by atoms with E-state index in [0.717, 1.165) is 64.2 Å². The predicted molar refractivity (Wildman–Crippen MR) is 120 cm³/mol. The number of carbonyl (C=O) groups is 2. The Morgan fingerprint density at radius 2 is 1.93 bits per heavy atom. The number of para-hydroxylation sites is 1. The summed E-state index contributed by atoms with van der Waals surface area (Å²) < 4.78 is 0.943. The average Bonchev–Trinajstić information content (AvgIpc) is 3.26. The molecule has 0 bridgehead atoms. The summed E-state index contributed by atoms with van der Waals surface area (Å²) in [5, 5.41) is 4.01. The molecule has 1 aliphatic heterocycles. The van der Waals surface area contributed by atoms with Gasteiger partial charge in [-0.3, -0.25) is 4.79 Å². The molecule has 2 heterocycles. The summed E-state index contributed by atoms with van der Waals surface area (Å²) in [7, 11) is 0. The van der Waals surface area contributed by atoms with Gasteiger partial charge in [0.1, 0.15) is 11.7 Å². The highest BCUT2D eigenvalue weighted by molar-refractivity contribution is 9.10.